The molecule has 14 aromatic rings. The molecule has 10 aromatic carbocycles. The van der Waals surface area contributed by atoms with Crippen molar-refractivity contribution in [2.45, 2.75) is 0 Å². The molecule has 4 aromatic heterocycles. The van der Waals surface area contributed by atoms with Gasteiger partial charge in [0.1, 0.15) is 11.6 Å². The average Bonchev–Trinajstić information content (AvgIpc) is 4.15. The van der Waals surface area contributed by atoms with E-state index < -0.39 is 0 Å². The maximum Gasteiger partial charge on any atom is 0.104 e. The normalized spacial score (nSPS) is 11.7. The summed E-state index contributed by atoms with van der Waals surface area (Å²) in [5, 5.41) is 41.0. The molecule has 7 nitrogen and oxygen atoms in total. The van der Waals surface area contributed by atoms with Gasteiger partial charge in [-0.15, -0.1) is 0 Å². The zero-order chi connectivity index (χ0) is 46.6. The second kappa shape index (κ2) is 14.9. The summed E-state index contributed by atoms with van der Waals surface area (Å²) >= 11 is 0. The highest BCUT2D eigenvalue weighted by molar-refractivity contribution is 6.14. The van der Waals surface area contributed by atoms with Crippen LogP contribution in [0.5, 0.6) is 0 Å². The van der Waals surface area contributed by atoms with Crippen molar-refractivity contribution in [2.24, 2.45) is 0 Å². The fourth-order valence-corrected chi connectivity index (χ4v) is 11.3. The predicted molar refractivity (Wildman–Crippen MR) is 283 cm³/mol. The highest BCUT2D eigenvalue weighted by atomic mass is 15.0. The van der Waals surface area contributed by atoms with Gasteiger partial charge in [0.05, 0.1) is 78.8 Å². The van der Waals surface area contributed by atoms with Crippen LogP contribution in [0.3, 0.4) is 0 Å². The van der Waals surface area contributed by atoms with Crippen molar-refractivity contribution in [3.63, 3.8) is 0 Å². The van der Waals surface area contributed by atoms with E-state index >= 15 is 0 Å². The number of hydrogen-bond donors (Lipinski definition) is 0. The smallest absolute Gasteiger partial charge is 0.104 e. The van der Waals surface area contributed by atoms with Gasteiger partial charge in [-0.05, 0) is 114 Å². The quantitative estimate of drug-likeness (QED) is 0.172. The molecule has 70 heavy (non-hydrogen) atoms. The van der Waals surface area contributed by atoms with E-state index in [1.165, 1.54) is 21.5 Å². The summed E-state index contributed by atoms with van der Waals surface area (Å²) in [7, 11) is 0. The largest absolute Gasteiger partial charge is 0.309 e. The Kier molecular flexibility index (Phi) is 8.34. The summed E-state index contributed by atoms with van der Waals surface area (Å²) in [6.45, 7) is 0. The van der Waals surface area contributed by atoms with Crippen LogP contribution in [0.15, 0.2) is 212 Å². The highest BCUT2D eigenvalue weighted by Crippen LogP contribution is 2.43. The third-order valence-corrected chi connectivity index (χ3v) is 14.2. The van der Waals surface area contributed by atoms with Gasteiger partial charge in [0, 0.05) is 54.5 Å². The minimum absolute atomic E-state index is 0.380. The summed E-state index contributed by atoms with van der Waals surface area (Å²) in [5.41, 5.74) is 14.4. The average molecular weight is 890 g/mol. The van der Waals surface area contributed by atoms with Crippen molar-refractivity contribution in [1.82, 2.24) is 18.3 Å². The molecule has 14 rings (SSSR count). The van der Waals surface area contributed by atoms with Crippen molar-refractivity contribution in [2.75, 3.05) is 0 Å². The molecule has 0 N–H and O–H groups in total. The molecule has 0 radical (unpaired) electrons. The van der Waals surface area contributed by atoms with Crippen molar-refractivity contribution < 1.29 is 0 Å². The number of fused-ring (bicyclic) bond motifs is 12. The zero-order valence-electron chi connectivity index (χ0n) is 37.3. The SMILES string of the molecule is N#Cc1cc(C#N)cc(-c2cc(-n3c4ccccc4c4cc(-n5c6ccccc6c6ccccc65)ccc43)c(C#N)c(-n3c4ccccc4c4cc(-n5c6ccccc6c6ccccc65)ccc43)c2)c1. The Hall–Kier alpha value is -10.1. The Bertz CT molecular complexity index is 4310. The van der Waals surface area contributed by atoms with E-state index in [1.54, 1.807) is 6.07 Å². The van der Waals surface area contributed by atoms with E-state index in [2.05, 4.69) is 206 Å². The number of nitriles is 3. The summed E-state index contributed by atoms with van der Waals surface area (Å²) in [6.07, 6.45) is 0. The molecule has 7 heteroatoms. The summed E-state index contributed by atoms with van der Waals surface area (Å²) < 4.78 is 9.08. The van der Waals surface area contributed by atoms with E-state index in [1.807, 2.05) is 36.4 Å². The number of nitrogens with zero attached hydrogens (tertiary/aromatic N) is 7. The molecule has 0 fully saturated rings. The van der Waals surface area contributed by atoms with Crippen molar-refractivity contribution >= 4 is 87.2 Å². The van der Waals surface area contributed by atoms with Crippen LogP contribution < -0.4 is 0 Å². The highest BCUT2D eigenvalue weighted by Gasteiger charge is 2.24. The lowest BCUT2D eigenvalue weighted by Gasteiger charge is -2.19. The minimum atomic E-state index is 0.380. The van der Waals surface area contributed by atoms with E-state index in [0.717, 1.165) is 82.6 Å². The maximum absolute atomic E-state index is 11.7. The van der Waals surface area contributed by atoms with Crippen LogP contribution in [-0.2, 0) is 0 Å². The molecule has 0 unspecified atom stereocenters. The third kappa shape index (κ3) is 5.54. The second-order valence-corrected chi connectivity index (χ2v) is 17.9. The van der Waals surface area contributed by atoms with Crippen LogP contribution in [0, 0.1) is 34.0 Å². The van der Waals surface area contributed by atoms with Gasteiger partial charge >= 0.3 is 0 Å². The lowest BCUT2D eigenvalue weighted by Crippen LogP contribution is -2.05. The molecule has 0 aliphatic heterocycles. The zero-order valence-corrected chi connectivity index (χ0v) is 37.3. The fraction of sp³-hybridized carbons (Fsp3) is 0. The molecule has 322 valence electrons. The Balaban J connectivity index is 1.06. The van der Waals surface area contributed by atoms with Crippen LogP contribution in [0.1, 0.15) is 16.7 Å². The van der Waals surface area contributed by atoms with Gasteiger partial charge in [-0.25, -0.2) is 0 Å². The monoisotopic (exact) mass is 889 g/mol. The minimum Gasteiger partial charge on any atom is -0.309 e. The summed E-state index contributed by atoms with van der Waals surface area (Å²) in [6, 6.07) is 80.7. The molecule has 0 saturated heterocycles. The maximum atomic E-state index is 11.7. The van der Waals surface area contributed by atoms with E-state index in [0.29, 0.717) is 33.6 Å². The topological polar surface area (TPSA) is 91.1 Å². The summed E-state index contributed by atoms with van der Waals surface area (Å²) in [5.74, 6) is 0. The predicted octanol–water partition coefficient (Wildman–Crippen LogP) is 15.4. The Morgan fingerprint density at radius 1 is 0.257 bits per heavy atom. The van der Waals surface area contributed by atoms with Crippen molar-refractivity contribution in [3.8, 4) is 52.1 Å². The van der Waals surface area contributed by atoms with Crippen molar-refractivity contribution in [3.05, 3.63) is 229 Å². The van der Waals surface area contributed by atoms with E-state index in [-0.39, 0.29) is 0 Å². The molecule has 0 aliphatic rings. The van der Waals surface area contributed by atoms with E-state index in [4.69, 9.17) is 0 Å². The fourth-order valence-electron chi connectivity index (χ4n) is 11.3. The first-order valence-corrected chi connectivity index (χ1v) is 23.2. The standard InChI is InChI=1S/C63H35N7/c64-36-39-29-40(37-65)31-41(30-39)42-32-62(69-58-23-11-5-17-49(58)51-34-43(25-27-60(51)69)67-54-19-7-1-13-45(54)46-14-2-8-20-55(46)67)53(38-66)63(33-42)70-59-24-12-6-18-50(59)52-35-44(26-28-61(52)70)68-56-21-9-3-15-47(56)48-16-4-10-22-57(48)68/h1-35H. The Morgan fingerprint density at radius 3 is 0.900 bits per heavy atom. The van der Waals surface area contributed by atoms with Gasteiger partial charge in [-0.2, -0.15) is 15.8 Å². The molecule has 0 amide bonds. The molecule has 0 spiro atoms. The molecule has 4 heterocycles. The van der Waals surface area contributed by atoms with Crippen LogP contribution in [0.25, 0.3) is 121 Å². The van der Waals surface area contributed by atoms with Crippen LogP contribution >= 0.6 is 0 Å². The van der Waals surface area contributed by atoms with Crippen LogP contribution in [0.2, 0.25) is 0 Å². The van der Waals surface area contributed by atoms with Crippen LogP contribution in [-0.4, -0.2) is 18.3 Å². The lowest BCUT2D eigenvalue weighted by molar-refractivity contribution is 1.11. The number of rotatable bonds is 5. The molecular formula is C63H35N7. The van der Waals surface area contributed by atoms with Gasteiger partial charge in [-0.3, -0.25) is 0 Å². The first kappa shape index (κ1) is 39.1. The molecule has 0 aliphatic carbocycles. The first-order valence-electron chi connectivity index (χ1n) is 23.2. The molecule has 0 atom stereocenters. The van der Waals surface area contributed by atoms with Crippen molar-refractivity contribution in [1.29, 1.82) is 15.8 Å². The van der Waals surface area contributed by atoms with Crippen LogP contribution in [0.4, 0.5) is 0 Å². The third-order valence-electron chi connectivity index (χ3n) is 14.2. The lowest BCUT2D eigenvalue weighted by atomic mass is 9.97. The number of para-hydroxylation sites is 6. The van der Waals surface area contributed by atoms with Gasteiger partial charge in [0.15, 0.2) is 0 Å². The van der Waals surface area contributed by atoms with Gasteiger partial charge in [0.2, 0.25) is 0 Å². The summed E-state index contributed by atoms with van der Waals surface area (Å²) in [4.78, 5) is 0. The number of benzene rings is 10. The first-order chi connectivity index (χ1) is 34.6. The molecule has 0 saturated carbocycles. The molecule has 0 bridgehead atoms. The van der Waals surface area contributed by atoms with Gasteiger partial charge in [0.25, 0.3) is 0 Å². The van der Waals surface area contributed by atoms with Gasteiger partial charge in [-0.1, -0.05) is 109 Å². The van der Waals surface area contributed by atoms with E-state index in [9.17, 15) is 15.8 Å². The second-order valence-electron chi connectivity index (χ2n) is 17.9. The number of hydrogen-bond acceptors (Lipinski definition) is 3. The number of aromatic nitrogens is 4. The molecular weight excluding hydrogens is 855 g/mol. The Labute approximate surface area is 400 Å². The van der Waals surface area contributed by atoms with Gasteiger partial charge < -0.3 is 18.3 Å². The Morgan fingerprint density at radius 2 is 0.557 bits per heavy atom.